The summed E-state index contributed by atoms with van der Waals surface area (Å²) in [5.41, 5.74) is -0.844. The van der Waals surface area contributed by atoms with Gasteiger partial charge in [-0.25, -0.2) is 4.39 Å². The molecular weight excluding hydrogens is 263 g/mol. The molecule has 20 heavy (non-hydrogen) atoms. The molecule has 0 aliphatic carbocycles. The molecule has 0 fully saturated rings. The molecule has 0 amide bonds. The van der Waals surface area contributed by atoms with Crippen LogP contribution in [0.3, 0.4) is 0 Å². The number of carbonyl (C=O) groups is 3. The van der Waals surface area contributed by atoms with E-state index in [1.807, 2.05) is 0 Å². The Morgan fingerprint density at radius 1 is 1.20 bits per heavy atom. The van der Waals surface area contributed by atoms with E-state index < -0.39 is 34.9 Å². The molecule has 0 N–H and O–H groups in total. The Labute approximate surface area is 116 Å². The number of esters is 1. The number of ether oxygens (including phenoxy) is 1. The van der Waals surface area contributed by atoms with Gasteiger partial charge in [0.1, 0.15) is 11.4 Å². The average molecular weight is 280 g/mol. The summed E-state index contributed by atoms with van der Waals surface area (Å²) in [5.74, 6) is -4.47. The highest BCUT2D eigenvalue weighted by Crippen LogP contribution is 2.17. The van der Waals surface area contributed by atoms with Crippen molar-refractivity contribution >= 4 is 17.5 Å². The summed E-state index contributed by atoms with van der Waals surface area (Å²) < 4.78 is 18.2. The van der Waals surface area contributed by atoms with Gasteiger partial charge in [-0.15, -0.1) is 0 Å². The van der Waals surface area contributed by atoms with Crippen LogP contribution in [0, 0.1) is 11.7 Å². The highest BCUT2D eigenvalue weighted by atomic mass is 19.1. The normalized spacial score (nSPS) is 12.7. The molecule has 0 saturated heterocycles. The smallest absolute Gasteiger partial charge is 0.325 e. The van der Waals surface area contributed by atoms with Crippen LogP contribution < -0.4 is 0 Å². The lowest BCUT2D eigenvalue weighted by Gasteiger charge is -2.22. The number of carbonyl (C=O) groups excluding carboxylic acids is 3. The van der Waals surface area contributed by atoms with Crippen LogP contribution in [0.2, 0.25) is 0 Å². The third kappa shape index (κ3) is 4.26. The lowest BCUT2D eigenvalue weighted by Crippen LogP contribution is -2.36. The number of benzene rings is 1. The molecule has 0 saturated carbocycles. The van der Waals surface area contributed by atoms with Gasteiger partial charge >= 0.3 is 5.97 Å². The van der Waals surface area contributed by atoms with Crippen molar-refractivity contribution in [1.82, 2.24) is 0 Å². The zero-order valence-electron chi connectivity index (χ0n) is 11.9. The maximum absolute atomic E-state index is 13.1. The van der Waals surface area contributed by atoms with Crippen molar-refractivity contribution in [2.24, 2.45) is 5.92 Å². The van der Waals surface area contributed by atoms with Gasteiger partial charge in [-0.3, -0.25) is 14.4 Å². The van der Waals surface area contributed by atoms with E-state index >= 15 is 0 Å². The average Bonchev–Trinajstić information content (AvgIpc) is 2.25. The van der Waals surface area contributed by atoms with E-state index in [-0.39, 0.29) is 5.56 Å². The quantitative estimate of drug-likeness (QED) is 0.483. The first-order valence-corrected chi connectivity index (χ1v) is 6.15. The molecule has 0 bridgehead atoms. The Bertz CT molecular complexity index is 543. The Hall–Kier alpha value is -2.04. The molecule has 5 heteroatoms. The molecule has 1 rings (SSSR count). The van der Waals surface area contributed by atoms with Crippen molar-refractivity contribution in [3.63, 3.8) is 0 Å². The van der Waals surface area contributed by atoms with Crippen LogP contribution in [-0.2, 0) is 14.3 Å². The molecule has 1 aromatic carbocycles. The Morgan fingerprint density at radius 2 is 1.80 bits per heavy atom. The second kappa shape index (κ2) is 5.94. The zero-order valence-corrected chi connectivity index (χ0v) is 11.9. The number of hydrogen-bond acceptors (Lipinski definition) is 4. The molecule has 1 unspecified atom stereocenters. The molecule has 0 heterocycles. The zero-order chi connectivity index (χ0) is 15.5. The van der Waals surface area contributed by atoms with Crippen molar-refractivity contribution in [1.29, 1.82) is 0 Å². The van der Waals surface area contributed by atoms with Gasteiger partial charge in [-0.1, -0.05) is 12.1 Å². The van der Waals surface area contributed by atoms with Crippen molar-refractivity contribution in [3.8, 4) is 0 Å². The predicted molar refractivity (Wildman–Crippen MR) is 70.7 cm³/mol. The SMILES string of the molecule is CC(=O)C(C(=O)OC(C)(C)C)C(=O)c1cccc(F)c1. The summed E-state index contributed by atoms with van der Waals surface area (Å²) in [7, 11) is 0. The van der Waals surface area contributed by atoms with Crippen molar-refractivity contribution in [3.05, 3.63) is 35.6 Å². The molecule has 4 nitrogen and oxygen atoms in total. The molecule has 0 aromatic heterocycles. The molecule has 1 atom stereocenters. The Kier molecular flexibility index (Phi) is 4.76. The van der Waals surface area contributed by atoms with Gasteiger partial charge in [0.05, 0.1) is 0 Å². The van der Waals surface area contributed by atoms with E-state index in [1.165, 1.54) is 18.2 Å². The monoisotopic (exact) mass is 280 g/mol. The molecular formula is C15H17FO4. The van der Waals surface area contributed by atoms with E-state index in [1.54, 1.807) is 20.8 Å². The fraction of sp³-hybridized carbons (Fsp3) is 0.400. The second-order valence-electron chi connectivity index (χ2n) is 5.45. The molecule has 0 radical (unpaired) electrons. The first-order chi connectivity index (χ1) is 9.11. The minimum absolute atomic E-state index is 0.0314. The largest absolute Gasteiger partial charge is 0.459 e. The summed E-state index contributed by atoms with van der Waals surface area (Å²) in [5, 5.41) is 0. The third-order valence-corrected chi connectivity index (χ3v) is 2.42. The highest BCUT2D eigenvalue weighted by molar-refractivity contribution is 6.22. The van der Waals surface area contributed by atoms with E-state index in [9.17, 15) is 18.8 Å². The van der Waals surface area contributed by atoms with Crippen LogP contribution in [0.1, 0.15) is 38.1 Å². The minimum Gasteiger partial charge on any atom is -0.459 e. The molecule has 108 valence electrons. The van der Waals surface area contributed by atoms with Crippen LogP contribution in [0.15, 0.2) is 24.3 Å². The predicted octanol–water partition coefficient (Wildman–Crippen LogP) is 2.56. The van der Waals surface area contributed by atoms with Gasteiger partial charge in [0.25, 0.3) is 0 Å². The number of halogens is 1. The molecule has 0 aliphatic rings. The standard InChI is InChI=1S/C15H17FO4/c1-9(17)12(14(19)20-15(2,3)4)13(18)10-6-5-7-11(16)8-10/h5-8,12H,1-4H3. The van der Waals surface area contributed by atoms with E-state index in [0.29, 0.717) is 0 Å². The van der Waals surface area contributed by atoms with Crippen molar-refractivity contribution < 1.29 is 23.5 Å². The third-order valence-electron chi connectivity index (χ3n) is 2.42. The van der Waals surface area contributed by atoms with Gasteiger partial charge < -0.3 is 4.74 Å². The van der Waals surface area contributed by atoms with Crippen LogP contribution >= 0.6 is 0 Å². The Balaban J connectivity index is 3.06. The maximum atomic E-state index is 13.1. The van der Waals surface area contributed by atoms with Gasteiger partial charge in [-0.2, -0.15) is 0 Å². The summed E-state index contributed by atoms with van der Waals surface area (Å²) in [6.45, 7) is 6.03. The fourth-order valence-electron chi connectivity index (χ4n) is 1.63. The number of hydrogen-bond donors (Lipinski definition) is 0. The van der Waals surface area contributed by atoms with Gasteiger partial charge in [-0.05, 0) is 39.8 Å². The maximum Gasteiger partial charge on any atom is 0.325 e. The van der Waals surface area contributed by atoms with Gasteiger partial charge in [0.15, 0.2) is 17.5 Å². The number of Topliss-reactive ketones (excluding diaryl/α,β-unsaturated/α-hetero) is 2. The summed E-state index contributed by atoms with van der Waals surface area (Å²) in [6.07, 6.45) is 0. The van der Waals surface area contributed by atoms with E-state index in [2.05, 4.69) is 0 Å². The van der Waals surface area contributed by atoms with Gasteiger partial charge in [0, 0.05) is 5.56 Å². The first kappa shape index (κ1) is 16.0. The van der Waals surface area contributed by atoms with Crippen LogP contribution in [0.25, 0.3) is 0 Å². The number of rotatable bonds is 4. The molecule has 0 aliphatic heterocycles. The summed E-state index contributed by atoms with van der Waals surface area (Å²) in [4.78, 5) is 35.7. The van der Waals surface area contributed by atoms with Crippen molar-refractivity contribution in [2.75, 3.05) is 0 Å². The lowest BCUT2D eigenvalue weighted by molar-refractivity contribution is -0.159. The van der Waals surface area contributed by atoms with E-state index in [4.69, 9.17) is 4.74 Å². The first-order valence-electron chi connectivity index (χ1n) is 6.15. The number of ketones is 2. The van der Waals surface area contributed by atoms with Crippen LogP contribution in [-0.4, -0.2) is 23.1 Å². The second-order valence-corrected chi connectivity index (χ2v) is 5.45. The Morgan fingerprint density at radius 3 is 2.25 bits per heavy atom. The summed E-state index contributed by atoms with van der Waals surface area (Å²) >= 11 is 0. The van der Waals surface area contributed by atoms with Crippen LogP contribution in [0.5, 0.6) is 0 Å². The minimum atomic E-state index is -1.56. The highest BCUT2D eigenvalue weighted by Gasteiger charge is 2.35. The van der Waals surface area contributed by atoms with Gasteiger partial charge in [0.2, 0.25) is 0 Å². The van der Waals surface area contributed by atoms with Crippen molar-refractivity contribution in [2.45, 2.75) is 33.3 Å². The molecule has 0 spiro atoms. The topological polar surface area (TPSA) is 60.4 Å². The fourth-order valence-corrected chi connectivity index (χ4v) is 1.63. The summed E-state index contributed by atoms with van der Waals surface area (Å²) in [6, 6.07) is 4.86. The van der Waals surface area contributed by atoms with Crippen LogP contribution in [0.4, 0.5) is 4.39 Å². The van der Waals surface area contributed by atoms with E-state index in [0.717, 1.165) is 13.0 Å². The molecule has 1 aromatic rings. The lowest BCUT2D eigenvalue weighted by atomic mass is 9.94.